The fraction of sp³-hybridized carbons (Fsp3) is 0. The summed E-state index contributed by atoms with van der Waals surface area (Å²) in [6.07, 6.45) is 0. The average molecular weight is 669 g/mol. The number of rotatable bonds is 5. The summed E-state index contributed by atoms with van der Waals surface area (Å²) in [6, 6.07) is 24.7. The maximum absolute atomic E-state index is 9.65. The molecule has 0 atom stereocenters. The second kappa shape index (κ2) is 11.6. The minimum Gasteiger partial charge on any atom is -0.456 e. The summed E-state index contributed by atoms with van der Waals surface area (Å²) in [5, 5.41) is 1.54. The van der Waals surface area contributed by atoms with Crippen molar-refractivity contribution in [3.63, 3.8) is 0 Å². The molecular weight excluding hydrogens is 631 g/mol. The van der Waals surface area contributed by atoms with Crippen LogP contribution in [0.1, 0.15) is 15.1 Å². The van der Waals surface area contributed by atoms with Crippen LogP contribution in [0.5, 0.6) is 0 Å². The molecule has 10 rings (SSSR count). The molecule has 10 aromatic rings. The maximum Gasteiger partial charge on any atom is 0.164 e. The number of hydrogen-bond acceptors (Lipinski definition) is 5. The van der Waals surface area contributed by atoms with Crippen LogP contribution in [0.25, 0.3) is 98.5 Å². The van der Waals surface area contributed by atoms with E-state index in [1.54, 1.807) is 0 Å². The van der Waals surface area contributed by atoms with Crippen LogP contribution in [0.4, 0.5) is 0 Å². The van der Waals surface area contributed by atoms with E-state index in [1.807, 2.05) is 97.1 Å². The van der Waals surface area contributed by atoms with Gasteiger partial charge in [0.2, 0.25) is 0 Å². The van der Waals surface area contributed by atoms with E-state index in [1.165, 1.54) is 0 Å². The minimum absolute atomic E-state index is 0.0166. The van der Waals surface area contributed by atoms with Gasteiger partial charge in [-0.15, -0.1) is 11.3 Å². The van der Waals surface area contributed by atoms with E-state index < -0.39 is 60.4 Å². The molecule has 0 aliphatic rings. The quantitative estimate of drug-likeness (QED) is 0.183. The Balaban J connectivity index is 1.26. The van der Waals surface area contributed by atoms with Gasteiger partial charge in [0.1, 0.15) is 11.2 Å². The number of nitrogens with zero attached hydrogens (tertiary/aromatic N) is 3. The van der Waals surface area contributed by atoms with Crippen molar-refractivity contribution in [2.75, 3.05) is 0 Å². The highest BCUT2D eigenvalue weighted by atomic mass is 32.1. The van der Waals surface area contributed by atoms with Gasteiger partial charge in [-0.25, -0.2) is 15.0 Å². The molecule has 3 aromatic heterocycles. The molecule has 0 amide bonds. The fourth-order valence-corrected chi connectivity index (χ4v) is 7.28. The van der Waals surface area contributed by atoms with E-state index in [2.05, 4.69) is 0 Å². The molecule has 0 fully saturated rings. The van der Waals surface area contributed by atoms with Gasteiger partial charge in [0.15, 0.2) is 17.5 Å². The van der Waals surface area contributed by atoms with Gasteiger partial charge >= 0.3 is 0 Å². The van der Waals surface area contributed by atoms with Gasteiger partial charge in [0, 0.05) is 47.6 Å². The van der Waals surface area contributed by atoms with Crippen molar-refractivity contribution in [1.29, 1.82) is 0 Å². The lowest BCUT2D eigenvalue weighted by Gasteiger charge is -2.10. The topological polar surface area (TPSA) is 51.8 Å². The Kier molecular flexibility index (Phi) is 4.54. The van der Waals surface area contributed by atoms with E-state index >= 15 is 0 Å². The third-order valence-electron chi connectivity index (χ3n) is 8.58. The number of furan rings is 1. The summed E-state index contributed by atoms with van der Waals surface area (Å²) in [7, 11) is 0. The lowest BCUT2D eigenvalue weighted by molar-refractivity contribution is 0.669. The lowest BCUT2D eigenvalue weighted by Crippen LogP contribution is -2.00. The summed E-state index contributed by atoms with van der Waals surface area (Å²) in [5.74, 6) is 0.389. The second-order valence-electron chi connectivity index (χ2n) is 11.5. The first-order valence-electron chi connectivity index (χ1n) is 21.2. The van der Waals surface area contributed by atoms with Gasteiger partial charge in [-0.3, -0.25) is 0 Å². The molecule has 50 heavy (non-hydrogen) atoms. The smallest absolute Gasteiger partial charge is 0.164 e. The highest BCUT2D eigenvalue weighted by Gasteiger charge is 2.19. The average Bonchev–Trinajstić information content (AvgIpc) is 3.88. The van der Waals surface area contributed by atoms with Crippen LogP contribution in [-0.2, 0) is 0 Å². The number of thiophene rings is 1. The van der Waals surface area contributed by atoms with Crippen LogP contribution < -0.4 is 0 Å². The van der Waals surface area contributed by atoms with Crippen molar-refractivity contribution in [1.82, 2.24) is 15.0 Å². The van der Waals surface area contributed by atoms with Crippen LogP contribution in [0.3, 0.4) is 0 Å². The first-order chi connectivity index (χ1) is 29.3. The Morgan fingerprint density at radius 3 is 2.02 bits per heavy atom. The zero-order valence-electron chi connectivity index (χ0n) is 36.9. The zero-order chi connectivity index (χ0) is 42.6. The largest absolute Gasteiger partial charge is 0.456 e. The predicted octanol–water partition coefficient (Wildman–Crippen LogP) is 12.5. The Hall–Kier alpha value is -6.43. The van der Waals surface area contributed by atoms with Crippen molar-refractivity contribution >= 4 is 53.4 Å². The molecule has 0 saturated heterocycles. The van der Waals surface area contributed by atoms with E-state index in [9.17, 15) is 4.11 Å². The maximum atomic E-state index is 9.65. The molecule has 234 valence electrons. The van der Waals surface area contributed by atoms with Gasteiger partial charge in [-0.05, 0) is 46.5 Å². The molecule has 0 N–H and O–H groups in total. The Labute approximate surface area is 307 Å². The summed E-state index contributed by atoms with van der Waals surface area (Å²) >= 11 is 0.888. The van der Waals surface area contributed by atoms with Crippen LogP contribution in [0.15, 0.2) is 168 Å². The minimum atomic E-state index is -0.657. The number of hydrogen-bond donors (Lipinski definition) is 0. The first kappa shape index (κ1) is 19.5. The van der Waals surface area contributed by atoms with Gasteiger partial charge in [0.05, 0.1) is 15.1 Å². The highest BCUT2D eigenvalue weighted by Crippen LogP contribution is 2.42. The Bertz CT molecular complexity index is 3470. The van der Waals surface area contributed by atoms with Crippen molar-refractivity contribution in [2.45, 2.75) is 0 Å². The molecule has 3 heterocycles. The molecule has 4 nitrogen and oxygen atoms in total. The van der Waals surface area contributed by atoms with E-state index in [0.29, 0.717) is 22.3 Å². The second-order valence-corrected chi connectivity index (χ2v) is 12.6. The molecule has 0 unspecified atom stereocenters. The Morgan fingerprint density at radius 1 is 0.440 bits per heavy atom. The summed E-state index contributed by atoms with van der Waals surface area (Å²) in [5.41, 5.74) is 3.74. The molecule has 5 heteroatoms. The molecule has 0 spiro atoms. The molecule has 0 aliphatic heterocycles. The number of fused-ring (bicyclic) bond motifs is 6. The third kappa shape index (κ3) is 4.79. The van der Waals surface area contributed by atoms with Crippen LogP contribution >= 0.6 is 11.3 Å². The number of benzene rings is 7. The van der Waals surface area contributed by atoms with Crippen LogP contribution in [0, 0.1) is 0 Å². The highest BCUT2D eigenvalue weighted by molar-refractivity contribution is 7.26. The molecular formula is C45H27N3OS. The number of para-hydroxylation sites is 1. The summed E-state index contributed by atoms with van der Waals surface area (Å²) in [6.45, 7) is 0. The van der Waals surface area contributed by atoms with Crippen LogP contribution in [-0.4, -0.2) is 15.0 Å². The molecule has 0 saturated carbocycles. The van der Waals surface area contributed by atoms with Crippen molar-refractivity contribution in [3.8, 4) is 56.4 Å². The SMILES string of the molecule is [2H]c1c([2H])c([2H])c(-c2c([2H])c([2H])c([2H])c3sc4c([2H])c(-c5nc(-c6ccc(-c7ccccc7)cc6)nc(-c6cccc7oc8ccccc8c67)n5)c([2H])c([2H])c4c23)c([2H])c1[2H]. The fourth-order valence-electron chi connectivity index (χ4n) is 6.26. The monoisotopic (exact) mass is 668 g/mol. The van der Waals surface area contributed by atoms with Crippen molar-refractivity contribution < 1.29 is 19.5 Å². The summed E-state index contributed by atoms with van der Waals surface area (Å²) < 4.78 is 104. The third-order valence-corrected chi connectivity index (χ3v) is 9.60. The van der Waals surface area contributed by atoms with E-state index in [4.69, 9.17) is 30.3 Å². The van der Waals surface area contributed by atoms with Gasteiger partial charge in [0.25, 0.3) is 0 Å². The summed E-state index contributed by atoms with van der Waals surface area (Å²) in [4.78, 5) is 14.7. The van der Waals surface area contributed by atoms with Gasteiger partial charge in [-0.1, -0.05) is 139 Å². The molecule has 7 aromatic carbocycles. The van der Waals surface area contributed by atoms with Crippen molar-refractivity contribution in [3.05, 3.63) is 164 Å². The van der Waals surface area contributed by atoms with Crippen molar-refractivity contribution in [2.24, 2.45) is 0 Å². The van der Waals surface area contributed by atoms with Gasteiger partial charge < -0.3 is 4.42 Å². The molecule has 0 radical (unpaired) electrons. The lowest BCUT2D eigenvalue weighted by atomic mass is 9.99. The zero-order valence-corrected chi connectivity index (χ0v) is 26.7. The first-order valence-corrected chi connectivity index (χ1v) is 16.5. The Morgan fingerprint density at radius 2 is 1.16 bits per heavy atom. The van der Waals surface area contributed by atoms with E-state index in [0.717, 1.165) is 33.2 Å². The molecule has 0 aliphatic carbocycles. The standard InChI is InChI=1S/C45H27N3OS/c1-3-11-28(12-4-1)29-21-23-31(24-22-29)43-46-44(48-45(47-43)36-17-9-19-38-41(36)34-15-7-8-18-37(34)49-38)32-25-26-35-40(27-32)50-39-20-10-16-33(42(35)39)30-13-5-2-6-14-30/h1-27H/i2D,5D,6D,10D,13D,14D,16D,20D,25D,26D,27D. The van der Waals surface area contributed by atoms with E-state index in [-0.39, 0.29) is 60.4 Å². The normalized spacial score (nSPS) is 14.7. The van der Waals surface area contributed by atoms with Gasteiger partial charge in [-0.2, -0.15) is 0 Å². The molecule has 0 bridgehead atoms. The van der Waals surface area contributed by atoms with Crippen LogP contribution in [0.2, 0.25) is 0 Å². The number of aromatic nitrogens is 3. The predicted molar refractivity (Wildman–Crippen MR) is 207 cm³/mol.